The van der Waals surface area contributed by atoms with Crippen LogP contribution in [0.4, 0.5) is 5.13 Å². The van der Waals surface area contributed by atoms with Crippen LogP contribution in [0.15, 0.2) is 0 Å². The number of nitrogens with zero attached hydrogens (tertiary/aromatic N) is 2. The molecule has 0 saturated carbocycles. The molecule has 0 amide bonds. The van der Waals surface area contributed by atoms with E-state index in [0.717, 1.165) is 24.6 Å². The molecule has 0 spiro atoms. The monoisotopic (exact) mass is 256 g/mol. The van der Waals surface area contributed by atoms with E-state index in [0.29, 0.717) is 16.5 Å². The first-order valence-electron chi connectivity index (χ1n) is 5.95. The van der Waals surface area contributed by atoms with Crippen LogP contribution in [0.1, 0.15) is 42.6 Å². The summed E-state index contributed by atoms with van der Waals surface area (Å²) in [6.07, 6.45) is 1.12. The third-order valence-corrected chi connectivity index (χ3v) is 4.07. The molecule has 0 fully saturated rings. The normalized spacial score (nSPS) is 12.5. The second-order valence-corrected chi connectivity index (χ2v) is 5.25. The molecule has 1 aromatic rings. The molecule has 5 heteroatoms. The molecule has 0 aliphatic heterocycles. The van der Waals surface area contributed by atoms with Gasteiger partial charge in [-0.3, -0.25) is 0 Å². The van der Waals surface area contributed by atoms with Gasteiger partial charge in [0.05, 0.1) is 5.69 Å². The zero-order valence-corrected chi connectivity index (χ0v) is 11.7. The number of aromatic carboxylic acids is 1. The van der Waals surface area contributed by atoms with Gasteiger partial charge in [-0.05, 0) is 19.8 Å². The molecule has 17 heavy (non-hydrogen) atoms. The SMILES string of the molecule is CCC(C)CN(CC)c1nc(C)c(C(=O)O)s1. The highest BCUT2D eigenvalue weighted by molar-refractivity contribution is 7.17. The number of carboxylic acids is 1. The fraction of sp³-hybridized carbons (Fsp3) is 0.667. The number of aromatic nitrogens is 1. The maximum atomic E-state index is 11.0. The van der Waals surface area contributed by atoms with Gasteiger partial charge in [0, 0.05) is 13.1 Å². The summed E-state index contributed by atoms with van der Waals surface area (Å²) in [5.41, 5.74) is 0.611. The third-order valence-electron chi connectivity index (χ3n) is 2.86. The molecule has 0 aliphatic carbocycles. The maximum absolute atomic E-state index is 11.0. The van der Waals surface area contributed by atoms with Gasteiger partial charge in [-0.15, -0.1) is 0 Å². The highest BCUT2D eigenvalue weighted by Gasteiger charge is 2.18. The van der Waals surface area contributed by atoms with E-state index >= 15 is 0 Å². The fourth-order valence-electron chi connectivity index (χ4n) is 1.56. The van der Waals surface area contributed by atoms with Gasteiger partial charge in [0.25, 0.3) is 0 Å². The van der Waals surface area contributed by atoms with E-state index in [1.807, 2.05) is 0 Å². The molecule has 1 atom stereocenters. The van der Waals surface area contributed by atoms with Crippen molar-refractivity contribution in [2.24, 2.45) is 5.92 Å². The van der Waals surface area contributed by atoms with Crippen LogP contribution in [0.2, 0.25) is 0 Å². The van der Waals surface area contributed by atoms with E-state index in [1.54, 1.807) is 6.92 Å². The van der Waals surface area contributed by atoms with Crippen molar-refractivity contribution >= 4 is 22.4 Å². The molecule has 0 bridgehead atoms. The summed E-state index contributed by atoms with van der Waals surface area (Å²) < 4.78 is 0. The summed E-state index contributed by atoms with van der Waals surface area (Å²) in [6.45, 7) is 9.96. The smallest absolute Gasteiger partial charge is 0.347 e. The average Bonchev–Trinajstić information content (AvgIpc) is 2.67. The summed E-state index contributed by atoms with van der Waals surface area (Å²) >= 11 is 1.27. The molecular weight excluding hydrogens is 236 g/mol. The van der Waals surface area contributed by atoms with Crippen LogP contribution in [0.5, 0.6) is 0 Å². The summed E-state index contributed by atoms with van der Waals surface area (Å²) in [5, 5.41) is 9.84. The van der Waals surface area contributed by atoms with Gasteiger partial charge >= 0.3 is 5.97 Å². The minimum atomic E-state index is -0.883. The van der Waals surface area contributed by atoms with Gasteiger partial charge in [-0.2, -0.15) is 0 Å². The van der Waals surface area contributed by atoms with Crippen LogP contribution in [-0.2, 0) is 0 Å². The number of carboxylic acid groups (broad SMARTS) is 1. The van der Waals surface area contributed by atoms with Crippen LogP contribution >= 0.6 is 11.3 Å². The summed E-state index contributed by atoms with van der Waals surface area (Å²) in [6, 6.07) is 0. The van der Waals surface area contributed by atoms with E-state index in [1.165, 1.54) is 11.3 Å². The van der Waals surface area contributed by atoms with E-state index in [-0.39, 0.29) is 0 Å². The maximum Gasteiger partial charge on any atom is 0.347 e. The van der Waals surface area contributed by atoms with Crippen LogP contribution < -0.4 is 4.90 Å². The first-order valence-corrected chi connectivity index (χ1v) is 6.76. The Balaban J connectivity index is 2.89. The van der Waals surface area contributed by atoms with Gasteiger partial charge in [-0.25, -0.2) is 9.78 Å². The number of hydrogen-bond donors (Lipinski definition) is 1. The van der Waals surface area contributed by atoms with Crippen LogP contribution in [0.25, 0.3) is 0 Å². The average molecular weight is 256 g/mol. The lowest BCUT2D eigenvalue weighted by molar-refractivity contribution is 0.0701. The van der Waals surface area contributed by atoms with E-state index in [9.17, 15) is 4.79 Å². The summed E-state index contributed by atoms with van der Waals surface area (Å²) in [5.74, 6) is -0.293. The molecule has 0 aliphatic rings. The second kappa shape index (κ2) is 6.00. The van der Waals surface area contributed by atoms with Crippen molar-refractivity contribution in [1.29, 1.82) is 0 Å². The van der Waals surface area contributed by atoms with Gasteiger partial charge < -0.3 is 10.0 Å². The zero-order chi connectivity index (χ0) is 13.0. The number of carbonyl (C=O) groups is 1. The molecule has 0 aromatic carbocycles. The quantitative estimate of drug-likeness (QED) is 0.850. The Labute approximate surface area is 106 Å². The molecule has 1 aromatic heterocycles. The minimum absolute atomic E-state index is 0.350. The van der Waals surface area contributed by atoms with E-state index < -0.39 is 5.97 Å². The molecule has 1 N–H and O–H groups in total. The van der Waals surface area contributed by atoms with Crippen molar-refractivity contribution in [1.82, 2.24) is 4.98 Å². The van der Waals surface area contributed by atoms with Crippen molar-refractivity contribution in [2.45, 2.75) is 34.1 Å². The first-order chi connectivity index (χ1) is 7.99. The topological polar surface area (TPSA) is 53.4 Å². The second-order valence-electron chi connectivity index (χ2n) is 4.27. The number of anilines is 1. The molecular formula is C12H20N2O2S. The lowest BCUT2D eigenvalue weighted by Crippen LogP contribution is -2.27. The molecule has 0 radical (unpaired) electrons. The highest BCUT2D eigenvalue weighted by atomic mass is 32.1. The highest BCUT2D eigenvalue weighted by Crippen LogP contribution is 2.26. The Morgan fingerprint density at radius 1 is 1.53 bits per heavy atom. The largest absolute Gasteiger partial charge is 0.477 e. The number of thiazole rings is 1. The van der Waals surface area contributed by atoms with Crippen LogP contribution in [-0.4, -0.2) is 29.1 Å². The van der Waals surface area contributed by atoms with Crippen molar-refractivity contribution in [3.8, 4) is 0 Å². The predicted octanol–water partition coefficient (Wildman–Crippen LogP) is 3.02. The molecule has 4 nitrogen and oxygen atoms in total. The predicted molar refractivity (Wildman–Crippen MR) is 71.2 cm³/mol. The number of aryl methyl sites for hydroxylation is 1. The molecule has 96 valence electrons. The van der Waals surface area contributed by atoms with Gasteiger partial charge in [0.15, 0.2) is 5.13 Å². The van der Waals surface area contributed by atoms with E-state index in [2.05, 4.69) is 30.7 Å². The Hall–Kier alpha value is -1.10. The lowest BCUT2D eigenvalue weighted by atomic mass is 10.1. The van der Waals surface area contributed by atoms with Crippen molar-refractivity contribution in [3.05, 3.63) is 10.6 Å². The Morgan fingerprint density at radius 3 is 2.59 bits per heavy atom. The molecule has 0 saturated heterocycles. The van der Waals surface area contributed by atoms with Crippen molar-refractivity contribution in [2.75, 3.05) is 18.0 Å². The Kier molecular flexibility index (Phi) is 4.93. The van der Waals surface area contributed by atoms with Crippen LogP contribution in [0.3, 0.4) is 0 Å². The minimum Gasteiger partial charge on any atom is -0.477 e. The van der Waals surface area contributed by atoms with Crippen LogP contribution in [0, 0.1) is 12.8 Å². The first kappa shape index (κ1) is 14.0. The molecule has 1 rings (SSSR count). The summed E-state index contributed by atoms with van der Waals surface area (Å²) in [7, 11) is 0. The number of rotatable bonds is 6. The fourth-order valence-corrected chi connectivity index (χ4v) is 2.54. The number of hydrogen-bond acceptors (Lipinski definition) is 4. The lowest BCUT2D eigenvalue weighted by Gasteiger charge is -2.23. The van der Waals surface area contributed by atoms with Gasteiger partial charge in [0.1, 0.15) is 4.88 Å². The Morgan fingerprint density at radius 2 is 2.18 bits per heavy atom. The van der Waals surface area contributed by atoms with Crippen molar-refractivity contribution < 1.29 is 9.90 Å². The third kappa shape index (κ3) is 3.43. The Bertz CT molecular complexity index is 390. The van der Waals surface area contributed by atoms with Gasteiger partial charge in [0.2, 0.25) is 0 Å². The molecule has 1 unspecified atom stereocenters. The molecule has 1 heterocycles. The van der Waals surface area contributed by atoms with E-state index in [4.69, 9.17) is 5.11 Å². The zero-order valence-electron chi connectivity index (χ0n) is 10.9. The standard InChI is InChI=1S/C12H20N2O2S/c1-5-8(3)7-14(6-2)12-13-9(4)10(17-12)11(15)16/h8H,5-7H2,1-4H3,(H,15,16). The summed E-state index contributed by atoms with van der Waals surface area (Å²) in [4.78, 5) is 17.8. The van der Waals surface area contributed by atoms with Gasteiger partial charge in [-0.1, -0.05) is 31.6 Å². The van der Waals surface area contributed by atoms with Crippen molar-refractivity contribution in [3.63, 3.8) is 0 Å².